The summed E-state index contributed by atoms with van der Waals surface area (Å²) in [4.78, 5) is 4.12. The van der Waals surface area contributed by atoms with Gasteiger partial charge in [0.15, 0.2) is 5.96 Å². The third kappa shape index (κ3) is 3.75. The maximum absolute atomic E-state index is 7.40. The highest BCUT2D eigenvalue weighted by atomic mass is 35.5. The first-order chi connectivity index (χ1) is 7.50. The predicted molar refractivity (Wildman–Crippen MR) is 67.8 cm³/mol. The van der Waals surface area contributed by atoms with Crippen LogP contribution < -0.4 is 16.0 Å². The fourth-order valence-corrected chi connectivity index (χ4v) is 1.55. The zero-order valence-corrected chi connectivity index (χ0v) is 10.3. The highest BCUT2D eigenvalue weighted by Crippen LogP contribution is 2.09. The molecule has 16 heavy (non-hydrogen) atoms. The molecule has 0 radical (unpaired) electrons. The molecule has 0 atom stereocenters. The van der Waals surface area contributed by atoms with E-state index in [1.165, 1.54) is 0 Å². The summed E-state index contributed by atoms with van der Waals surface area (Å²) in [5, 5.41) is 16.0. The van der Waals surface area contributed by atoms with Crippen LogP contribution in [-0.4, -0.2) is 24.2 Å². The SMILES string of the molecule is C=C(C)NC(Cl)=C(NC1=NCCN1)C(=N)Cl. The predicted octanol–water partition coefficient (Wildman–Crippen LogP) is 1.28. The quantitative estimate of drug-likeness (QED) is 0.455. The summed E-state index contributed by atoms with van der Waals surface area (Å²) in [5.74, 6) is 0.557. The van der Waals surface area contributed by atoms with Crippen LogP contribution in [-0.2, 0) is 0 Å². The van der Waals surface area contributed by atoms with E-state index in [1.807, 2.05) is 0 Å². The lowest BCUT2D eigenvalue weighted by atomic mass is 10.4. The minimum atomic E-state index is -0.199. The fraction of sp³-hybridized carbons (Fsp3) is 0.333. The van der Waals surface area contributed by atoms with Crippen molar-refractivity contribution in [2.75, 3.05) is 13.1 Å². The van der Waals surface area contributed by atoms with E-state index in [1.54, 1.807) is 6.92 Å². The fourth-order valence-electron chi connectivity index (χ4n) is 1.06. The zero-order chi connectivity index (χ0) is 12.1. The third-order valence-electron chi connectivity index (χ3n) is 1.68. The average molecular weight is 262 g/mol. The standard InChI is InChI=1S/C9H13Cl2N5/c1-5(2)15-8(11)6(7(10)12)16-9-13-3-4-14-9/h12,15H,1,3-4H2,2H3,(H2,13,14,16). The Balaban J connectivity index is 2.80. The van der Waals surface area contributed by atoms with Crippen molar-refractivity contribution in [2.24, 2.45) is 4.99 Å². The molecule has 0 saturated carbocycles. The Morgan fingerprint density at radius 2 is 2.25 bits per heavy atom. The molecule has 0 spiro atoms. The van der Waals surface area contributed by atoms with Crippen molar-refractivity contribution in [1.29, 1.82) is 5.41 Å². The Bertz CT molecular complexity index is 372. The summed E-state index contributed by atoms with van der Waals surface area (Å²) in [6, 6.07) is 0. The van der Waals surface area contributed by atoms with Gasteiger partial charge in [-0.05, 0) is 6.92 Å². The molecule has 0 bridgehead atoms. The number of rotatable bonds is 4. The van der Waals surface area contributed by atoms with Gasteiger partial charge in [-0.25, -0.2) is 0 Å². The molecule has 1 rings (SSSR count). The highest BCUT2D eigenvalue weighted by Gasteiger charge is 2.13. The minimum Gasteiger partial charge on any atom is -0.354 e. The molecular weight excluding hydrogens is 249 g/mol. The van der Waals surface area contributed by atoms with Gasteiger partial charge in [-0.3, -0.25) is 10.4 Å². The third-order valence-corrected chi connectivity index (χ3v) is 2.15. The van der Waals surface area contributed by atoms with E-state index in [2.05, 4.69) is 27.5 Å². The second kappa shape index (κ2) is 5.77. The Kier molecular flexibility index (Phi) is 4.64. The van der Waals surface area contributed by atoms with E-state index < -0.39 is 0 Å². The lowest BCUT2D eigenvalue weighted by molar-refractivity contribution is 0.938. The molecule has 0 saturated heterocycles. The Morgan fingerprint density at radius 1 is 1.56 bits per heavy atom. The molecule has 0 amide bonds. The molecule has 0 fully saturated rings. The van der Waals surface area contributed by atoms with Crippen LogP contribution in [0.15, 0.2) is 28.1 Å². The van der Waals surface area contributed by atoms with Crippen molar-refractivity contribution in [3.8, 4) is 0 Å². The van der Waals surface area contributed by atoms with E-state index in [4.69, 9.17) is 28.6 Å². The van der Waals surface area contributed by atoms with Gasteiger partial charge in [-0.1, -0.05) is 29.8 Å². The summed E-state index contributed by atoms with van der Waals surface area (Å²) in [6.45, 7) is 6.86. The van der Waals surface area contributed by atoms with Crippen LogP contribution in [0.5, 0.6) is 0 Å². The second-order valence-electron chi connectivity index (χ2n) is 3.19. The largest absolute Gasteiger partial charge is 0.354 e. The topological polar surface area (TPSA) is 72.3 Å². The van der Waals surface area contributed by atoms with Crippen LogP contribution >= 0.6 is 23.2 Å². The summed E-state index contributed by atoms with van der Waals surface area (Å²) in [5.41, 5.74) is 0.919. The number of nitrogens with one attached hydrogen (secondary N) is 4. The Morgan fingerprint density at radius 3 is 2.69 bits per heavy atom. The molecule has 0 aromatic carbocycles. The van der Waals surface area contributed by atoms with Crippen LogP contribution in [0.1, 0.15) is 6.92 Å². The van der Waals surface area contributed by atoms with E-state index in [0.717, 1.165) is 6.54 Å². The van der Waals surface area contributed by atoms with Gasteiger partial charge in [0.25, 0.3) is 0 Å². The van der Waals surface area contributed by atoms with Crippen LogP contribution in [0.2, 0.25) is 0 Å². The van der Waals surface area contributed by atoms with Crippen molar-refractivity contribution in [2.45, 2.75) is 6.92 Å². The summed E-state index contributed by atoms with van der Waals surface area (Å²) < 4.78 is 0. The van der Waals surface area contributed by atoms with Crippen LogP contribution in [0.25, 0.3) is 0 Å². The molecule has 4 N–H and O–H groups in total. The molecule has 7 heteroatoms. The van der Waals surface area contributed by atoms with E-state index in [0.29, 0.717) is 18.2 Å². The van der Waals surface area contributed by atoms with Gasteiger partial charge in [0.05, 0.1) is 6.54 Å². The number of allylic oxidation sites excluding steroid dienone is 2. The number of hydrogen-bond donors (Lipinski definition) is 4. The summed E-state index contributed by atoms with van der Waals surface area (Å²) in [6.07, 6.45) is 0. The number of nitrogens with zero attached hydrogens (tertiary/aromatic N) is 1. The van der Waals surface area contributed by atoms with Crippen molar-refractivity contribution < 1.29 is 0 Å². The Hall–Kier alpha value is -1.20. The minimum absolute atomic E-state index is 0.199. The average Bonchev–Trinajstić information content (AvgIpc) is 2.64. The monoisotopic (exact) mass is 261 g/mol. The van der Waals surface area contributed by atoms with Crippen LogP contribution in [0.3, 0.4) is 0 Å². The first kappa shape index (κ1) is 12.9. The summed E-state index contributed by atoms with van der Waals surface area (Å²) in [7, 11) is 0. The van der Waals surface area contributed by atoms with Gasteiger partial charge in [-0.15, -0.1) is 0 Å². The normalized spacial score (nSPS) is 15.8. The number of hydrogen-bond acceptors (Lipinski definition) is 5. The van der Waals surface area contributed by atoms with Crippen molar-refractivity contribution >= 4 is 34.3 Å². The van der Waals surface area contributed by atoms with Gasteiger partial charge >= 0.3 is 0 Å². The van der Waals surface area contributed by atoms with E-state index >= 15 is 0 Å². The molecule has 1 aliphatic heterocycles. The van der Waals surface area contributed by atoms with Gasteiger partial charge in [0.2, 0.25) is 0 Å². The van der Waals surface area contributed by atoms with Crippen LogP contribution in [0.4, 0.5) is 0 Å². The van der Waals surface area contributed by atoms with Crippen molar-refractivity contribution in [3.05, 3.63) is 23.1 Å². The van der Waals surface area contributed by atoms with Crippen LogP contribution in [0, 0.1) is 5.41 Å². The first-order valence-corrected chi connectivity index (χ1v) is 5.38. The molecule has 88 valence electrons. The molecule has 0 aromatic rings. The molecule has 1 aliphatic rings. The lowest BCUT2D eigenvalue weighted by Crippen LogP contribution is -2.36. The first-order valence-electron chi connectivity index (χ1n) is 4.62. The lowest BCUT2D eigenvalue weighted by Gasteiger charge is -2.12. The second-order valence-corrected chi connectivity index (χ2v) is 3.95. The maximum Gasteiger partial charge on any atom is 0.196 e. The van der Waals surface area contributed by atoms with Crippen molar-refractivity contribution in [3.63, 3.8) is 0 Å². The van der Waals surface area contributed by atoms with Gasteiger partial charge in [0.1, 0.15) is 16.0 Å². The van der Waals surface area contributed by atoms with Gasteiger partial charge < -0.3 is 16.0 Å². The van der Waals surface area contributed by atoms with Crippen molar-refractivity contribution in [1.82, 2.24) is 16.0 Å². The molecule has 0 aliphatic carbocycles. The number of guanidine groups is 1. The Labute approximate surface area is 104 Å². The highest BCUT2D eigenvalue weighted by molar-refractivity contribution is 6.69. The summed E-state index contributed by atoms with van der Waals surface area (Å²) >= 11 is 11.6. The number of aliphatic imine (C=N–C) groups is 1. The van der Waals surface area contributed by atoms with Gasteiger partial charge in [-0.2, -0.15) is 0 Å². The van der Waals surface area contributed by atoms with E-state index in [-0.39, 0.29) is 16.0 Å². The molecular formula is C9H13Cl2N5. The van der Waals surface area contributed by atoms with Gasteiger partial charge in [0, 0.05) is 12.2 Å². The molecule has 1 heterocycles. The molecule has 0 unspecified atom stereocenters. The molecule has 5 nitrogen and oxygen atoms in total. The molecule has 0 aromatic heterocycles. The van der Waals surface area contributed by atoms with E-state index in [9.17, 15) is 0 Å². The smallest absolute Gasteiger partial charge is 0.196 e. The number of halogens is 2. The maximum atomic E-state index is 7.40. The zero-order valence-electron chi connectivity index (χ0n) is 8.82.